The molecule has 2 aliphatic heterocycles. The van der Waals surface area contributed by atoms with E-state index >= 15 is 0 Å². The molecule has 2 amide bonds. The lowest BCUT2D eigenvalue weighted by Crippen LogP contribution is -2.43. The molecule has 2 aliphatic rings. The molecule has 0 aliphatic carbocycles. The number of carbonyl (C=O) groups excluding carboxylic acids is 2. The van der Waals surface area contributed by atoms with Crippen LogP contribution in [0.1, 0.15) is 55.6 Å². The average Bonchev–Trinajstić information content (AvgIpc) is 3.63. The Balaban J connectivity index is 1.34. The quantitative estimate of drug-likeness (QED) is 0.346. The average molecular weight is 587 g/mol. The topological polar surface area (TPSA) is 160 Å². The lowest BCUT2D eigenvalue weighted by molar-refractivity contribution is 0.0169. The third-order valence-electron chi connectivity index (χ3n) is 7.48. The first-order valence-corrected chi connectivity index (χ1v) is 14.2. The van der Waals surface area contributed by atoms with Crippen molar-refractivity contribution in [3.05, 3.63) is 47.9 Å². The Labute approximate surface area is 248 Å². The van der Waals surface area contributed by atoms with E-state index in [9.17, 15) is 9.59 Å². The molecular formula is C30H34N8O5. The maximum atomic E-state index is 13.0. The van der Waals surface area contributed by atoms with Gasteiger partial charge in [0.25, 0.3) is 5.91 Å². The van der Waals surface area contributed by atoms with Crippen LogP contribution in [0.15, 0.2) is 36.8 Å². The van der Waals surface area contributed by atoms with Crippen LogP contribution in [0.25, 0.3) is 22.3 Å². The molecule has 1 aromatic carbocycles. The summed E-state index contributed by atoms with van der Waals surface area (Å²) in [7, 11) is 1.52. The monoisotopic (exact) mass is 586 g/mol. The fourth-order valence-corrected chi connectivity index (χ4v) is 5.51. The Hall–Kier alpha value is -4.94. The van der Waals surface area contributed by atoms with Gasteiger partial charge in [-0.05, 0) is 51.8 Å². The van der Waals surface area contributed by atoms with E-state index in [2.05, 4.69) is 20.3 Å². The number of likely N-dealkylation sites (tertiary alicyclic amines) is 1. The fourth-order valence-electron chi connectivity index (χ4n) is 5.51. The van der Waals surface area contributed by atoms with Crippen molar-refractivity contribution in [2.45, 2.75) is 51.7 Å². The zero-order valence-electron chi connectivity index (χ0n) is 24.6. The number of fused-ring (bicyclic) bond motifs is 2. The van der Waals surface area contributed by atoms with Crippen molar-refractivity contribution in [3.8, 4) is 22.9 Å². The van der Waals surface area contributed by atoms with Gasteiger partial charge in [0, 0.05) is 48.6 Å². The summed E-state index contributed by atoms with van der Waals surface area (Å²) in [5.74, 6) is 1.05. The van der Waals surface area contributed by atoms with Gasteiger partial charge in [0.2, 0.25) is 5.88 Å². The number of hydrogen-bond acceptors (Lipinski definition) is 10. The molecule has 13 heteroatoms. The first kappa shape index (κ1) is 28.2. The minimum atomic E-state index is -0.588. The lowest BCUT2D eigenvalue weighted by Gasteiger charge is -2.34. The number of anilines is 2. The number of piperidine rings is 1. The zero-order chi connectivity index (χ0) is 30.3. The van der Waals surface area contributed by atoms with E-state index < -0.39 is 5.60 Å². The van der Waals surface area contributed by atoms with Crippen LogP contribution in [0, 0.1) is 0 Å². The van der Waals surface area contributed by atoms with Gasteiger partial charge in [-0.3, -0.25) is 4.79 Å². The second-order valence-corrected chi connectivity index (χ2v) is 11.6. The van der Waals surface area contributed by atoms with Gasteiger partial charge >= 0.3 is 6.09 Å². The van der Waals surface area contributed by atoms with Crippen LogP contribution in [0.3, 0.4) is 0 Å². The highest BCUT2D eigenvalue weighted by molar-refractivity contribution is 6.05. The number of rotatable bonds is 5. The molecule has 3 aromatic heterocycles. The molecule has 1 atom stereocenters. The number of carbonyl (C=O) groups is 2. The zero-order valence-corrected chi connectivity index (χ0v) is 24.6. The Morgan fingerprint density at radius 3 is 2.72 bits per heavy atom. The molecule has 5 heterocycles. The van der Waals surface area contributed by atoms with E-state index in [1.165, 1.54) is 19.6 Å². The highest BCUT2D eigenvalue weighted by Gasteiger charge is 2.32. The number of ether oxygens (including phenoxy) is 3. The van der Waals surface area contributed by atoms with E-state index in [1.807, 2.05) is 37.6 Å². The number of nitrogen functional groups attached to an aromatic ring is 1. The molecule has 6 rings (SSSR count). The SMILES string of the molecule is COc1ccc(C(=O)Nc2ccc(-c3nn([C@@H]4CCCN(C(=O)OC(C)(C)C)C4)c4ncnc(N)c34)c3c2CCO3)cn1. The number of benzene rings is 1. The first-order chi connectivity index (χ1) is 20.6. The van der Waals surface area contributed by atoms with Crippen molar-refractivity contribution in [2.75, 3.05) is 37.9 Å². The molecule has 1 fully saturated rings. The van der Waals surface area contributed by atoms with E-state index in [0.29, 0.717) is 71.5 Å². The molecule has 0 radical (unpaired) electrons. The maximum absolute atomic E-state index is 13.0. The second-order valence-electron chi connectivity index (χ2n) is 11.6. The Morgan fingerprint density at radius 1 is 1.14 bits per heavy atom. The summed E-state index contributed by atoms with van der Waals surface area (Å²) >= 11 is 0. The summed E-state index contributed by atoms with van der Waals surface area (Å²) in [4.78, 5) is 40.5. The minimum absolute atomic E-state index is 0.141. The van der Waals surface area contributed by atoms with Crippen LogP contribution in [0.5, 0.6) is 11.6 Å². The molecule has 43 heavy (non-hydrogen) atoms. The summed E-state index contributed by atoms with van der Waals surface area (Å²) in [5.41, 5.74) is 9.61. The third kappa shape index (κ3) is 5.49. The molecule has 0 bridgehead atoms. The molecule has 0 unspecified atom stereocenters. The minimum Gasteiger partial charge on any atom is -0.492 e. The first-order valence-electron chi connectivity index (χ1n) is 14.2. The van der Waals surface area contributed by atoms with Gasteiger partial charge in [-0.15, -0.1) is 0 Å². The lowest BCUT2D eigenvalue weighted by atomic mass is 10.0. The highest BCUT2D eigenvalue weighted by atomic mass is 16.6. The summed E-state index contributed by atoms with van der Waals surface area (Å²) in [6.45, 7) is 7.05. The van der Waals surface area contributed by atoms with Gasteiger partial charge in [0.05, 0.1) is 30.7 Å². The maximum Gasteiger partial charge on any atom is 0.410 e. The van der Waals surface area contributed by atoms with Crippen LogP contribution < -0.4 is 20.5 Å². The highest BCUT2D eigenvalue weighted by Crippen LogP contribution is 2.44. The van der Waals surface area contributed by atoms with Crippen molar-refractivity contribution < 1.29 is 23.8 Å². The second kappa shape index (κ2) is 11.0. The predicted octanol–water partition coefficient (Wildman–Crippen LogP) is 4.24. The molecule has 224 valence electrons. The Kier molecular flexibility index (Phi) is 7.24. The van der Waals surface area contributed by atoms with Crippen LogP contribution >= 0.6 is 0 Å². The summed E-state index contributed by atoms with van der Waals surface area (Å²) < 4.78 is 18.7. The number of nitrogens with zero attached hydrogens (tertiary/aromatic N) is 6. The Bertz CT molecular complexity index is 1700. The van der Waals surface area contributed by atoms with Gasteiger partial charge in [-0.2, -0.15) is 5.10 Å². The molecule has 4 aromatic rings. The molecule has 0 spiro atoms. The van der Waals surface area contributed by atoms with Crippen molar-refractivity contribution in [2.24, 2.45) is 0 Å². The van der Waals surface area contributed by atoms with E-state index in [1.54, 1.807) is 17.0 Å². The predicted molar refractivity (Wildman–Crippen MR) is 159 cm³/mol. The summed E-state index contributed by atoms with van der Waals surface area (Å²) in [5, 5.41) is 8.61. The number of nitrogens with two attached hydrogens (primary N) is 1. The number of nitrogens with one attached hydrogen (secondary N) is 1. The number of aromatic nitrogens is 5. The van der Waals surface area contributed by atoms with Gasteiger partial charge in [-0.25, -0.2) is 24.4 Å². The van der Waals surface area contributed by atoms with Gasteiger partial charge < -0.3 is 30.2 Å². The van der Waals surface area contributed by atoms with Gasteiger partial charge in [0.15, 0.2) is 5.65 Å². The van der Waals surface area contributed by atoms with E-state index in [4.69, 9.17) is 25.0 Å². The van der Waals surface area contributed by atoms with Crippen LogP contribution in [0.2, 0.25) is 0 Å². The molecule has 3 N–H and O–H groups in total. The number of pyridine rings is 1. The summed E-state index contributed by atoms with van der Waals surface area (Å²) in [6.07, 6.45) is 4.74. The van der Waals surface area contributed by atoms with Crippen LogP contribution in [-0.2, 0) is 11.2 Å². The molecule has 0 saturated carbocycles. The van der Waals surface area contributed by atoms with E-state index in [0.717, 1.165) is 24.0 Å². The van der Waals surface area contributed by atoms with Gasteiger partial charge in [-0.1, -0.05) is 0 Å². The smallest absolute Gasteiger partial charge is 0.410 e. The van der Waals surface area contributed by atoms with Crippen molar-refractivity contribution in [1.82, 2.24) is 29.6 Å². The van der Waals surface area contributed by atoms with Crippen molar-refractivity contribution in [3.63, 3.8) is 0 Å². The van der Waals surface area contributed by atoms with E-state index in [-0.39, 0.29) is 18.0 Å². The van der Waals surface area contributed by atoms with Crippen molar-refractivity contribution >= 4 is 34.5 Å². The number of hydrogen-bond donors (Lipinski definition) is 2. The normalized spacial score (nSPS) is 16.5. The molecular weight excluding hydrogens is 552 g/mol. The number of amides is 2. The number of methoxy groups -OCH3 is 1. The molecule has 13 nitrogen and oxygen atoms in total. The van der Waals surface area contributed by atoms with Crippen LogP contribution in [-0.4, -0.2) is 74.0 Å². The fraction of sp³-hybridized carbons (Fsp3) is 0.400. The summed E-state index contributed by atoms with van der Waals surface area (Å²) in [6, 6.07) is 6.85. The standard InChI is InChI=1S/C30H34N8O5/c1-30(2,3)43-29(40)37-12-5-6-18(15-37)38-27-23(26(31)33-16-34-27)24(36-38)20-8-9-21(19-11-13-42-25(19)20)35-28(39)17-7-10-22(41-4)32-14-17/h7-10,14,16,18H,5-6,11-13,15H2,1-4H3,(H,35,39)(H2,31,33,34)/t18-/m1/s1. The third-order valence-corrected chi connectivity index (χ3v) is 7.48. The van der Waals surface area contributed by atoms with Gasteiger partial charge in [0.1, 0.15) is 29.2 Å². The molecule has 1 saturated heterocycles. The Morgan fingerprint density at radius 2 is 1.98 bits per heavy atom. The van der Waals surface area contributed by atoms with Crippen molar-refractivity contribution in [1.29, 1.82) is 0 Å². The largest absolute Gasteiger partial charge is 0.492 e. The van der Waals surface area contributed by atoms with Crippen LogP contribution in [0.4, 0.5) is 16.3 Å².